The predicted octanol–water partition coefficient (Wildman–Crippen LogP) is 2.55. The van der Waals surface area contributed by atoms with Crippen molar-refractivity contribution in [1.82, 2.24) is 19.8 Å². The van der Waals surface area contributed by atoms with Crippen LogP contribution in [0, 0.1) is 6.92 Å². The van der Waals surface area contributed by atoms with Crippen LogP contribution in [0.1, 0.15) is 35.7 Å². The van der Waals surface area contributed by atoms with Gasteiger partial charge in [-0.15, -0.1) is 0 Å². The molecule has 10 nitrogen and oxygen atoms in total. The van der Waals surface area contributed by atoms with Gasteiger partial charge in [-0.1, -0.05) is 48.8 Å². The van der Waals surface area contributed by atoms with Crippen molar-refractivity contribution in [3.05, 3.63) is 65.5 Å². The van der Waals surface area contributed by atoms with Crippen LogP contribution in [0.4, 0.5) is 0 Å². The van der Waals surface area contributed by atoms with E-state index < -0.39 is 21.9 Å². The highest BCUT2D eigenvalue weighted by molar-refractivity contribution is 7.89. The van der Waals surface area contributed by atoms with E-state index in [9.17, 15) is 18.0 Å². The third-order valence-electron chi connectivity index (χ3n) is 4.99. The Hall–Kier alpha value is -3.57. The number of esters is 1. The molecule has 11 heteroatoms. The topological polar surface area (TPSA) is 132 Å². The summed E-state index contributed by atoms with van der Waals surface area (Å²) >= 11 is 0. The molecule has 3 rings (SSSR count). The van der Waals surface area contributed by atoms with E-state index in [0.29, 0.717) is 18.9 Å². The number of ether oxygens (including phenoxy) is 1. The molecular formula is C23H26N4O6S. The first kappa shape index (κ1) is 25.1. The zero-order chi connectivity index (χ0) is 24.7. The summed E-state index contributed by atoms with van der Waals surface area (Å²) in [4.78, 5) is 28.6. The maximum Gasteiger partial charge on any atom is 0.325 e. The number of nitrogens with zero attached hydrogens (tertiary/aromatic N) is 3. The molecule has 0 saturated heterocycles. The average molecular weight is 487 g/mol. The maximum absolute atomic E-state index is 12.5. The summed E-state index contributed by atoms with van der Waals surface area (Å²) in [6.45, 7) is 5.56. The lowest BCUT2D eigenvalue weighted by Crippen LogP contribution is -2.31. The highest BCUT2D eigenvalue weighted by atomic mass is 32.2. The molecule has 1 amide bonds. The standard InChI is InChI=1S/C23H26N4O6S/c1-4-27(5-2)34(30,31)19-12-10-18(11-13-19)23(29)24-14-21(28)32-15-20-25-22(26-33-20)17-8-6-16(3)7-9-17/h6-13H,4-5,14-15H2,1-3H3,(H,24,29). The van der Waals surface area contributed by atoms with Gasteiger partial charge in [-0.05, 0) is 31.2 Å². The lowest BCUT2D eigenvalue weighted by Gasteiger charge is -2.18. The fourth-order valence-electron chi connectivity index (χ4n) is 3.07. The number of aryl methyl sites for hydroxylation is 1. The summed E-state index contributed by atoms with van der Waals surface area (Å²) in [5.74, 6) is -0.724. The van der Waals surface area contributed by atoms with Crippen molar-refractivity contribution < 1.29 is 27.3 Å². The van der Waals surface area contributed by atoms with Crippen molar-refractivity contribution in [1.29, 1.82) is 0 Å². The number of hydrogen-bond acceptors (Lipinski definition) is 8. The maximum atomic E-state index is 12.5. The van der Waals surface area contributed by atoms with Crippen LogP contribution in [-0.2, 0) is 26.2 Å². The van der Waals surface area contributed by atoms with Gasteiger partial charge in [0.1, 0.15) is 6.54 Å². The van der Waals surface area contributed by atoms with E-state index in [4.69, 9.17) is 9.26 Å². The number of amides is 1. The summed E-state index contributed by atoms with van der Waals surface area (Å²) in [5.41, 5.74) is 2.09. The van der Waals surface area contributed by atoms with Gasteiger partial charge in [-0.2, -0.15) is 9.29 Å². The molecule has 34 heavy (non-hydrogen) atoms. The molecule has 0 aliphatic heterocycles. The Kier molecular flexibility index (Phi) is 8.13. The van der Waals surface area contributed by atoms with Gasteiger partial charge in [-0.3, -0.25) is 9.59 Å². The molecule has 180 valence electrons. The monoisotopic (exact) mass is 486 g/mol. The van der Waals surface area contributed by atoms with Crippen LogP contribution in [0.5, 0.6) is 0 Å². The van der Waals surface area contributed by atoms with E-state index in [1.54, 1.807) is 13.8 Å². The van der Waals surface area contributed by atoms with Crippen LogP contribution >= 0.6 is 0 Å². The quantitative estimate of drug-likeness (QED) is 0.433. The Labute approximate surface area is 198 Å². The van der Waals surface area contributed by atoms with Gasteiger partial charge in [0.05, 0.1) is 4.90 Å². The molecule has 1 heterocycles. The summed E-state index contributed by atoms with van der Waals surface area (Å²) in [7, 11) is -3.61. The van der Waals surface area contributed by atoms with Crippen molar-refractivity contribution in [2.45, 2.75) is 32.3 Å². The van der Waals surface area contributed by atoms with Gasteiger partial charge in [0, 0.05) is 24.2 Å². The average Bonchev–Trinajstić information content (AvgIpc) is 3.31. The Morgan fingerprint density at radius 3 is 2.29 bits per heavy atom. The molecule has 0 fully saturated rings. The Bertz CT molecular complexity index is 1230. The number of rotatable bonds is 10. The number of aromatic nitrogens is 2. The molecule has 1 aromatic heterocycles. The lowest BCUT2D eigenvalue weighted by molar-refractivity contribution is -0.144. The molecule has 0 atom stereocenters. The minimum Gasteiger partial charge on any atom is -0.454 e. The van der Waals surface area contributed by atoms with Crippen molar-refractivity contribution in [3.63, 3.8) is 0 Å². The third kappa shape index (κ3) is 6.06. The minimum atomic E-state index is -3.61. The van der Waals surface area contributed by atoms with Gasteiger partial charge in [0.15, 0.2) is 6.61 Å². The number of nitrogens with one attached hydrogen (secondary N) is 1. The van der Waals surface area contributed by atoms with E-state index in [2.05, 4.69) is 15.5 Å². The van der Waals surface area contributed by atoms with Crippen LogP contribution in [0.3, 0.4) is 0 Å². The molecule has 0 bridgehead atoms. The fourth-order valence-corrected chi connectivity index (χ4v) is 4.53. The zero-order valence-electron chi connectivity index (χ0n) is 19.1. The normalized spacial score (nSPS) is 11.4. The SMILES string of the molecule is CCN(CC)S(=O)(=O)c1ccc(C(=O)NCC(=O)OCc2nc(-c3ccc(C)cc3)no2)cc1. The molecule has 0 aliphatic carbocycles. The van der Waals surface area contributed by atoms with E-state index in [1.807, 2.05) is 31.2 Å². The second-order valence-corrected chi connectivity index (χ2v) is 9.27. The predicted molar refractivity (Wildman–Crippen MR) is 123 cm³/mol. The number of carbonyl (C=O) groups excluding carboxylic acids is 2. The van der Waals surface area contributed by atoms with Gasteiger partial charge in [0.2, 0.25) is 15.8 Å². The molecule has 0 aliphatic rings. The summed E-state index contributed by atoms with van der Waals surface area (Å²) in [6, 6.07) is 13.1. The Morgan fingerprint density at radius 1 is 1.03 bits per heavy atom. The molecule has 1 N–H and O–H groups in total. The van der Waals surface area contributed by atoms with Crippen LogP contribution in [0.15, 0.2) is 57.9 Å². The zero-order valence-corrected chi connectivity index (χ0v) is 20.0. The van der Waals surface area contributed by atoms with Crippen LogP contribution in [0.25, 0.3) is 11.4 Å². The first-order valence-electron chi connectivity index (χ1n) is 10.7. The van der Waals surface area contributed by atoms with Crippen molar-refractivity contribution >= 4 is 21.9 Å². The van der Waals surface area contributed by atoms with E-state index in [0.717, 1.165) is 11.1 Å². The summed E-state index contributed by atoms with van der Waals surface area (Å²) < 4.78 is 36.5. The number of carbonyl (C=O) groups is 2. The molecule has 2 aromatic carbocycles. The van der Waals surface area contributed by atoms with Gasteiger partial charge >= 0.3 is 5.97 Å². The van der Waals surface area contributed by atoms with Gasteiger partial charge in [-0.25, -0.2) is 8.42 Å². The summed E-state index contributed by atoms with van der Waals surface area (Å²) in [6.07, 6.45) is 0. The number of sulfonamides is 1. The van der Waals surface area contributed by atoms with E-state index >= 15 is 0 Å². The minimum absolute atomic E-state index is 0.0942. The third-order valence-corrected chi connectivity index (χ3v) is 7.05. The second kappa shape index (κ2) is 11.0. The first-order valence-corrected chi connectivity index (χ1v) is 12.1. The van der Waals surface area contributed by atoms with E-state index in [-0.39, 0.29) is 29.5 Å². The molecule has 0 spiro atoms. The van der Waals surface area contributed by atoms with Gasteiger partial charge < -0.3 is 14.6 Å². The van der Waals surface area contributed by atoms with Crippen molar-refractivity contribution in [3.8, 4) is 11.4 Å². The van der Waals surface area contributed by atoms with Gasteiger partial charge in [0.25, 0.3) is 11.8 Å². The first-order chi connectivity index (χ1) is 16.2. The summed E-state index contributed by atoms with van der Waals surface area (Å²) in [5, 5.41) is 6.30. The Balaban J connectivity index is 1.49. The van der Waals surface area contributed by atoms with Crippen LogP contribution in [0.2, 0.25) is 0 Å². The van der Waals surface area contributed by atoms with E-state index in [1.165, 1.54) is 28.6 Å². The largest absolute Gasteiger partial charge is 0.454 e. The molecular weight excluding hydrogens is 460 g/mol. The van der Waals surface area contributed by atoms with Crippen molar-refractivity contribution in [2.24, 2.45) is 0 Å². The number of benzene rings is 2. The molecule has 0 saturated carbocycles. The highest BCUT2D eigenvalue weighted by Gasteiger charge is 2.22. The number of hydrogen-bond donors (Lipinski definition) is 1. The van der Waals surface area contributed by atoms with Crippen molar-refractivity contribution in [2.75, 3.05) is 19.6 Å². The Morgan fingerprint density at radius 2 is 1.68 bits per heavy atom. The highest BCUT2D eigenvalue weighted by Crippen LogP contribution is 2.17. The molecule has 3 aromatic rings. The fraction of sp³-hybridized carbons (Fsp3) is 0.304. The van der Waals surface area contributed by atoms with Crippen LogP contribution < -0.4 is 5.32 Å². The smallest absolute Gasteiger partial charge is 0.325 e. The lowest BCUT2D eigenvalue weighted by atomic mass is 10.1. The molecule has 0 unspecified atom stereocenters. The second-order valence-electron chi connectivity index (χ2n) is 7.33. The molecule has 0 radical (unpaired) electrons. The van der Waals surface area contributed by atoms with Crippen LogP contribution in [-0.4, -0.2) is 54.4 Å².